The van der Waals surface area contributed by atoms with E-state index in [0.717, 1.165) is 37.5 Å². The Balaban J connectivity index is 1.75. The van der Waals surface area contributed by atoms with E-state index in [0.29, 0.717) is 5.11 Å². The van der Waals surface area contributed by atoms with E-state index in [2.05, 4.69) is 10.6 Å². The summed E-state index contributed by atoms with van der Waals surface area (Å²) in [7, 11) is 0. The van der Waals surface area contributed by atoms with E-state index in [1.165, 1.54) is 12.1 Å². The number of hydrogen-bond acceptors (Lipinski definition) is 2. The molecule has 1 saturated carbocycles. The lowest BCUT2D eigenvalue weighted by Gasteiger charge is -2.29. The summed E-state index contributed by atoms with van der Waals surface area (Å²) in [5.41, 5.74) is -0.212. The minimum atomic E-state index is -0.678. The molecule has 3 rings (SSSR count). The van der Waals surface area contributed by atoms with E-state index in [1.807, 2.05) is 12.1 Å². The Morgan fingerprint density at radius 1 is 1.18 bits per heavy atom. The van der Waals surface area contributed by atoms with E-state index in [4.69, 9.17) is 16.6 Å². The molecule has 1 heterocycles. The Labute approximate surface area is 132 Å². The molecule has 0 amide bonds. The lowest BCUT2D eigenvalue weighted by Crippen LogP contribution is -2.45. The maximum atomic E-state index is 13.7. The van der Waals surface area contributed by atoms with Crippen molar-refractivity contribution in [2.75, 3.05) is 5.32 Å². The molecule has 0 spiro atoms. The first kappa shape index (κ1) is 15.0. The van der Waals surface area contributed by atoms with Crippen molar-refractivity contribution in [3.05, 3.63) is 54.0 Å². The second-order valence-corrected chi connectivity index (χ2v) is 5.88. The zero-order valence-electron chi connectivity index (χ0n) is 11.9. The summed E-state index contributed by atoms with van der Waals surface area (Å²) in [6, 6.07) is 7.09. The van der Waals surface area contributed by atoms with E-state index in [-0.39, 0.29) is 11.2 Å². The van der Waals surface area contributed by atoms with Crippen LogP contribution in [-0.4, -0.2) is 5.11 Å². The van der Waals surface area contributed by atoms with Gasteiger partial charge in [0.15, 0.2) is 5.11 Å². The number of rotatable bonds is 3. The molecule has 0 unspecified atom stereocenters. The zero-order valence-corrected chi connectivity index (χ0v) is 12.7. The third-order valence-electron chi connectivity index (χ3n) is 3.98. The predicted octanol–water partition coefficient (Wildman–Crippen LogP) is 4.31. The van der Waals surface area contributed by atoms with Gasteiger partial charge in [-0.15, -0.1) is 0 Å². The topological polar surface area (TPSA) is 37.2 Å². The lowest BCUT2D eigenvalue weighted by molar-refractivity contribution is 0.317. The van der Waals surface area contributed by atoms with Gasteiger partial charge >= 0.3 is 0 Å². The van der Waals surface area contributed by atoms with Crippen LogP contribution in [0.15, 0.2) is 41.0 Å². The van der Waals surface area contributed by atoms with E-state index >= 15 is 0 Å². The van der Waals surface area contributed by atoms with Crippen LogP contribution in [0.5, 0.6) is 0 Å². The number of hydrogen-bond donors (Lipinski definition) is 2. The molecule has 3 nitrogen and oxygen atoms in total. The molecule has 0 radical (unpaired) electrons. The van der Waals surface area contributed by atoms with Crippen molar-refractivity contribution in [3.8, 4) is 0 Å². The van der Waals surface area contributed by atoms with Crippen LogP contribution in [0.2, 0.25) is 0 Å². The summed E-state index contributed by atoms with van der Waals surface area (Å²) in [6.07, 6.45) is 5.57. The number of furan rings is 1. The normalized spacial score (nSPS) is 16.5. The van der Waals surface area contributed by atoms with Crippen LogP contribution < -0.4 is 10.6 Å². The molecule has 1 aromatic carbocycles. The Bertz CT molecular complexity index is 667. The highest BCUT2D eigenvalue weighted by molar-refractivity contribution is 7.80. The van der Waals surface area contributed by atoms with Gasteiger partial charge < -0.3 is 15.1 Å². The molecule has 0 saturated heterocycles. The molecule has 1 aromatic heterocycles. The van der Waals surface area contributed by atoms with Gasteiger partial charge in [0.2, 0.25) is 0 Å². The van der Waals surface area contributed by atoms with Crippen molar-refractivity contribution in [2.24, 2.45) is 0 Å². The summed E-state index contributed by atoms with van der Waals surface area (Å²) in [6.45, 7) is 0. The van der Waals surface area contributed by atoms with Crippen LogP contribution >= 0.6 is 12.2 Å². The minimum absolute atomic E-state index is 0.145. The second kappa shape index (κ2) is 6.04. The summed E-state index contributed by atoms with van der Waals surface area (Å²) in [5.74, 6) is -0.471. The number of halogens is 2. The van der Waals surface area contributed by atoms with Crippen LogP contribution in [0.4, 0.5) is 14.5 Å². The van der Waals surface area contributed by atoms with Gasteiger partial charge in [-0.25, -0.2) is 8.78 Å². The number of nitrogens with one attached hydrogen (secondary N) is 2. The molecule has 0 bridgehead atoms. The van der Waals surface area contributed by atoms with Crippen LogP contribution in [0.3, 0.4) is 0 Å². The molecule has 1 fully saturated rings. The van der Waals surface area contributed by atoms with Gasteiger partial charge in [0.05, 0.1) is 17.5 Å². The van der Waals surface area contributed by atoms with Gasteiger partial charge in [0, 0.05) is 6.07 Å². The maximum Gasteiger partial charge on any atom is 0.171 e. The summed E-state index contributed by atoms with van der Waals surface area (Å²) in [5, 5.41) is 6.33. The highest BCUT2D eigenvalue weighted by Gasteiger charge is 2.38. The van der Waals surface area contributed by atoms with Gasteiger partial charge in [0.25, 0.3) is 0 Å². The van der Waals surface area contributed by atoms with Gasteiger partial charge in [-0.1, -0.05) is 12.8 Å². The number of benzene rings is 1. The average molecular weight is 322 g/mol. The van der Waals surface area contributed by atoms with Crippen LogP contribution in [0.1, 0.15) is 31.4 Å². The van der Waals surface area contributed by atoms with Crippen molar-refractivity contribution >= 4 is 23.0 Å². The minimum Gasteiger partial charge on any atom is -0.467 e. The Morgan fingerprint density at radius 3 is 2.59 bits per heavy atom. The first-order valence-corrected chi connectivity index (χ1v) is 7.58. The Kier molecular flexibility index (Phi) is 4.11. The molecule has 2 N–H and O–H groups in total. The molecule has 0 atom stereocenters. The second-order valence-electron chi connectivity index (χ2n) is 5.47. The first-order valence-electron chi connectivity index (χ1n) is 7.17. The molecule has 116 valence electrons. The Hall–Kier alpha value is -1.95. The molecule has 2 aromatic rings. The smallest absolute Gasteiger partial charge is 0.171 e. The molecular weight excluding hydrogens is 306 g/mol. The van der Waals surface area contributed by atoms with Crippen molar-refractivity contribution in [2.45, 2.75) is 31.2 Å². The molecule has 22 heavy (non-hydrogen) atoms. The molecular formula is C16H16F2N2OS. The summed E-state index contributed by atoms with van der Waals surface area (Å²) in [4.78, 5) is 0. The summed E-state index contributed by atoms with van der Waals surface area (Å²) >= 11 is 5.29. The molecule has 6 heteroatoms. The van der Waals surface area contributed by atoms with Gasteiger partial charge in [-0.05, 0) is 49.3 Å². The van der Waals surface area contributed by atoms with Crippen molar-refractivity contribution < 1.29 is 13.2 Å². The van der Waals surface area contributed by atoms with Gasteiger partial charge in [-0.2, -0.15) is 0 Å². The maximum absolute atomic E-state index is 13.7. The van der Waals surface area contributed by atoms with Gasteiger partial charge in [0.1, 0.15) is 17.4 Å². The van der Waals surface area contributed by atoms with Crippen LogP contribution in [0.25, 0.3) is 0 Å². The molecule has 1 aliphatic carbocycles. The number of thiocarbonyl (C=S) groups is 1. The third kappa shape index (κ3) is 2.97. The largest absolute Gasteiger partial charge is 0.467 e. The van der Waals surface area contributed by atoms with E-state index in [9.17, 15) is 8.78 Å². The fourth-order valence-electron chi connectivity index (χ4n) is 2.92. The average Bonchev–Trinajstić information content (AvgIpc) is 3.13. The van der Waals surface area contributed by atoms with Crippen LogP contribution in [-0.2, 0) is 5.54 Å². The van der Waals surface area contributed by atoms with Crippen molar-refractivity contribution in [1.29, 1.82) is 0 Å². The fourth-order valence-corrected chi connectivity index (χ4v) is 3.23. The van der Waals surface area contributed by atoms with Crippen LogP contribution in [0, 0.1) is 11.6 Å². The standard InChI is InChI=1S/C16H16F2N2OS/c17-11-5-6-13(12(18)10-11)19-15(22)20-16(7-1-2-8-16)14-4-3-9-21-14/h3-6,9-10H,1-2,7-8H2,(H2,19,20,22). The van der Waals surface area contributed by atoms with E-state index in [1.54, 1.807) is 6.26 Å². The van der Waals surface area contributed by atoms with E-state index < -0.39 is 11.6 Å². The quantitative estimate of drug-likeness (QED) is 0.826. The highest BCUT2D eigenvalue weighted by Crippen LogP contribution is 2.39. The SMILES string of the molecule is Fc1ccc(NC(=S)NC2(c3ccco3)CCCC2)c(F)c1. The predicted molar refractivity (Wildman–Crippen MR) is 84.6 cm³/mol. The molecule has 1 aliphatic rings. The highest BCUT2D eigenvalue weighted by atomic mass is 32.1. The molecule has 0 aliphatic heterocycles. The fraction of sp³-hybridized carbons (Fsp3) is 0.312. The summed E-state index contributed by atoms with van der Waals surface area (Å²) < 4.78 is 32.2. The van der Waals surface area contributed by atoms with Crippen molar-refractivity contribution in [1.82, 2.24) is 5.32 Å². The van der Waals surface area contributed by atoms with Crippen molar-refractivity contribution in [3.63, 3.8) is 0 Å². The lowest BCUT2D eigenvalue weighted by atomic mass is 9.94. The monoisotopic (exact) mass is 322 g/mol. The zero-order chi connectivity index (χ0) is 15.6. The first-order chi connectivity index (χ1) is 10.6. The number of anilines is 1. The third-order valence-corrected chi connectivity index (χ3v) is 4.19. The Morgan fingerprint density at radius 2 is 1.95 bits per heavy atom. The van der Waals surface area contributed by atoms with Gasteiger partial charge in [-0.3, -0.25) is 0 Å².